The standard InChI is InChI=1S/C28H36N4O4/c1-20-11-9-12-21(17-20)32-25(18-24(30-32)28(2,3)4)29-26(33)19-31(15-10-16-35-5)27(34)22-13-7-8-14-23(22)36-6/h7-9,11-14,17-18H,10,15-16,19H2,1-6H3,(H,29,33). The molecule has 0 atom stereocenters. The molecule has 1 N–H and O–H groups in total. The van der Waals surface area contributed by atoms with E-state index in [1.54, 1.807) is 36.1 Å². The molecule has 0 unspecified atom stereocenters. The topological polar surface area (TPSA) is 85.7 Å². The summed E-state index contributed by atoms with van der Waals surface area (Å²) >= 11 is 0. The molecule has 0 aliphatic rings. The Labute approximate surface area is 213 Å². The summed E-state index contributed by atoms with van der Waals surface area (Å²) in [5.74, 6) is 0.426. The molecule has 36 heavy (non-hydrogen) atoms. The highest BCUT2D eigenvalue weighted by molar-refractivity contribution is 6.00. The highest BCUT2D eigenvalue weighted by atomic mass is 16.5. The molecule has 0 saturated carbocycles. The molecule has 0 spiro atoms. The molecule has 0 aliphatic carbocycles. The summed E-state index contributed by atoms with van der Waals surface area (Å²) in [4.78, 5) is 28.1. The van der Waals surface area contributed by atoms with Crippen LogP contribution < -0.4 is 10.1 Å². The summed E-state index contributed by atoms with van der Waals surface area (Å²) in [7, 11) is 3.13. The Morgan fingerprint density at radius 3 is 2.47 bits per heavy atom. The minimum Gasteiger partial charge on any atom is -0.496 e. The molecule has 8 heteroatoms. The van der Waals surface area contributed by atoms with E-state index >= 15 is 0 Å². The maximum atomic E-state index is 13.4. The van der Waals surface area contributed by atoms with Crippen LogP contribution in [0.15, 0.2) is 54.6 Å². The number of benzene rings is 2. The Morgan fingerprint density at radius 2 is 1.81 bits per heavy atom. The van der Waals surface area contributed by atoms with E-state index in [1.807, 2.05) is 37.3 Å². The number of ether oxygens (including phenoxy) is 2. The van der Waals surface area contributed by atoms with E-state index in [0.29, 0.717) is 36.7 Å². The van der Waals surface area contributed by atoms with Gasteiger partial charge in [0.15, 0.2) is 0 Å². The second kappa shape index (κ2) is 11.9. The van der Waals surface area contributed by atoms with Crippen molar-refractivity contribution in [3.05, 3.63) is 71.4 Å². The number of hydrogen-bond donors (Lipinski definition) is 1. The van der Waals surface area contributed by atoms with Crippen molar-refractivity contribution in [3.63, 3.8) is 0 Å². The van der Waals surface area contributed by atoms with E-state index in [2.05, 4.69) is 26.1 Å². The molecule has 0 saturated heterocycles. The number of amides is 2. The van der Waals surface area contributed by atoms with Gasteiger partial charge in [-0.15, -0.1) is 0 Å². The van der Waals surface area contributed by atoms with Gasteiger partial charge in [0.2, 0.25) is 5.91 Å². The zero-order valence-electron chi connectivity index (χ0n) is 22.0. The van der Waals surface area contributed by atoms with Crippen molar-refractivity contribution in [1.29, 1.82) is 0 Å². The third kappa shape index (κ3) is 6.73. The molecular formula is C28H36N4O4. The second-order valence-electron chi connectivity index (χ2n) is 9.74. The maximum absolute atomic E-state index is 13.4. The summed E-state index contributed by atoms with van der Waals surface area (Å²) in [6.45, 7) is 8.96. The zero-order chi connectivity index (χ0) is 26.3. The van der Waals surface area contributed by atoms with Gasteiger partial charge in [0, 0.05) is 31.7 Å². The van der Waals surface area contributed by atoms with Crippen LogP contribution in [0.1, 0.15) is 48.8 Å². The Morgan fingerprint density at radius 1 is 1.06 bits per heavy atom. The Hall–Kier alpha value is -3.65. The van der Waals surface area contributed by atoms with Crippen molar-refractivity contribution in [3.8, 4) is 11.4 Å². The Bertz CT molecular complexity index is 1200. The van der Waals surface area contributed by atoms with E-state index in [1.165, 1.54) is 12.0 Å². The zero-order valence-corrected chi connectivity index (χ0v) is 22.0. The van der Waals surface area contributed by atoms with Crippen LogP contribution in [0.5, 0.6) is 5.75 Å². The number of anilines is 1. The van der Waals surface area contributed by atoms with Gasteiger partial charge < -0.3 is 19.7 Å². The number of para-hydroxylation sites is 1. The normalized spacial score (nSPS) is 11.3. The fraction of sp³-hybridized carbons (Fsp3) is 0.393. The van der Waals surface area contributed by atoms with Gasteiger partial charge in [-0.05, 0) is 43.2 Å². The molecule has 1 aromatic heterocycles. The number of aromatic nitrogens is 2. The predicted molar refractivity (Wildman–Crippen MR) is 141 cm³/mol. The molecular weight excluding hydrogens is 456 g/mol. The van der Waals surface area contributed by atoms with Crippen LogP contribution in [-0.2, 0) is 14.9 Å². The van der Waals surface area contributed by atoms with E-state index in [4.69, 9.17) is 14.6 Å². The molecule has 2 aromatic carbocycles. The average Bonchev–Trinajstić information content (AvgIpc) is 3.27. The first-order valence-corrected chi connectivity index (χ1v) is 12.0. The first-order valence-electron chi connectivity index (χ1n) is 12.0. The smallest absolute Gasteiger partial charge is 0.258 e. The summed E-state index contributed by atoms with van der Waals surface area (Å²) in [6.07, 6.45) is 0.597. The number of nitrogens with one attached hydrogen (secondary N) is 1. The van der Waals surface area contributed by atoms with Crippen LogP contribution in [0.3, 0.4) is 0 Å². The van der Waals surface area contributed by atoms with E-state index in [0.717, 1.165) is 16.9 Å². The van der Waals surface area contributed by atoms with Gasteiger partial charge in [-0.2, -0.15) is 5.10 Å². The third-order valence-corrected chi connectivity index (χ3v) is 5.73. The third-order valence-electron chi connectivity index (χ3n) is 5.73. The van der Waals surface area contributed by atoms with E-state index < -0.39 is 0 Å². The van der Waals surface area contributed by atoms with Crippen LogP contribution in [-0.4, -0.2) is 60.4 Å². The van der Waals surface area contributed by atoms with Gasteiger partial charge in [0.25, 0.3) is 5.91 Å². The molecule has 3 rings (SSSR count). The largest absolute Gasteiger partial charge is 0.496 e. The van der Waals surface area contributed by atoms with Crippen molar-refractivity contribution in [2.45, 2.75) is 39.5 Å². The summed E-state index contributed by atoms with van der Waals surface area (Å²) < 4.78 is 12.3. The summed E-state index contributed by atoms with van der Waals surface area (Å²) in [6, 6.07) is 16.8. The van der Waals surface area contributed by atoms with Crippen molar-refractivity contribution in [1.82, 2.24) is 14.7 Å². The lowest BCUT2D eigenvalue weighted by Gasteiger charge is -2.23. The molecule has 2 amide bonds. The first-order chi connectivity index (χ1) is 17.1. The fourth-order valence-corrected chi connectivity index (χ4v) is 3.79. The number of carbonyl (C=O) groups is 2. The number of carbonyl (C=O) groups excluding carboxylic acids is 2. The fourth-order valence-electron chi connectivity index (χ4n) is 3.79. The van der Waals surface area contributed by atoms with Gasteiger partial charge in [0.05, 0.1) is 24.1 Å². The van der Waals surface area contributed by atoms with Crippen LogP contribution in [0.2, 0.25) is 0 Å². The molecule has 0 aliphatic heterocycles. The number of hydrogen-bond acceptors (Lipinski definition) is 5. The minimum absolute atomic E-state index is 0.121. The molecule has 1 heterocycles. The maximum Gasteiger partial charge on any atom is 0.258 e. The number of methoxy groups -OCH3 is 2. The molecule has 192 valence electrons. The molecule has 3 aromatic rings. The van der Waals surface area contributed by atoms with Crippen LogP contribution in [0.25, 0.3) is 5.69 Å². The number of nitrogens with zero attached hydrogens (tertiary/aromatic N) is 3. The van der Waals surface area contributed by atoms with Gasteiger partial charge >= 0.3 is 0 Å². The molecule has 0 radical (unpaired) electrons. The Balaban J connectivity index is 1.87. The lowest BCUT2D eigenvalue weighted by molar-refractivity contribution is -0.117. The van der Waals surface area contributed by atoms with Crippen molar-refractivity contribution in [2.75, 3.05) is 39.2 Å². The quantitative estimate of drug-likeness (QED) is 0.418. The van der Waals surface area contributed by atoms with Gasteiger partial charge in [0.1, 0.15) is 18.1 Å². The van der Waals surface area contributed by atoms with Crippen LogP contribution >= 0.6 is 0 Å². The molecule has 0 fully saturated rings. The monoisotopic (exact) mass is 492 g/mol. The van der Waals surface area contributed by atoms with Gasteiger partial charge in [-0.25, -0.2) is 4.68 Å². The van der Waals surface area contributed by atoms with Crippen molar-refractivity contribution in [2.24, 2.45) is 0 Å². The highest BCUT2D eigenvalue weighted by Gasteiger charge is 2.24. The Kier molecular flexibility index (Phi) is 8.88. The predicted octanol–water partition coefficient (Wildman–Crippen LogP) is 4.60. The van der Waals surface area contributed by atoms with E-state index in [9.17, 15) is 9.59 Å². The minimum atomic E-state index is -0.315. The van der Waals surface area contributed by atoms with Gasteiger partial charge in [-0.3, -0.25) is 9.59 Å². The highest BCUT2D eigenvalue weighted by Crippen LogP contribution is 2.27. The molecule has 8 nitrogen and oxygen atoms in total. The first kappa shape index (κ1) is 26.9. The summed E-state index contributed by atoms with van der Waals surface area (Å²) in [5.41, 5.74) is 2.99. The number of aryl methyl sites for hydroxylation is 1. The van der Waals surface area contributed by atoms with Crippen LogP contribution in [0.4, 0.5) is 5.82 Å². The number of rotatable bonds is 10. The van der Waals surface area contributed by atoms with Crippen LogP contribution in [0, 0.1) is 6.92 Å². The average molecular weight is 493 g/mol. The summed E-state index contributed by atoms with van der Waals surface area (Å²) in [5, 5.41) is 7.76. The molecule has 0 bridgehead atoms. The lowest BCUT2D eigenvalue weighted by atomic mass is 9.92. The van der Waals surface area contributed by atoms with E-state index in [-0.39, 0.29) is 23.8 Å². The SMILES string of the molecule is COCCCN(CC(=O)Nc1cc(C(C)(C)C)nn1-c1cccc(C)c1)C(=O)c1ccccc1OC. The van der Waals surface area contributed by atoms with Crippen molar-refractivity contribution >= 4 is 17.6 Å². The lowest BCUT2D eigenvalue weighted by Crippen LogP contribution is -2.39. The van der Waals surface area contributed by atoms with Gasteiger partial charge in [-0.1, -0.05) is 45.0 Å². The second-order valence-corrected chi connectivity index (χ2v) is 9.74. The van der Waals surface area contributed by atoms with Crippen molar-refractivity contribution < 1.29 is 19.1 Å².